The predicted molar refractivity (Wildman–Crippen MR) is 117 cm³/mol. The van der Waals surface area contributed by atoms with E-state index in [0.717, 1.165) is 34.9 Å². The molecule has 10 heteroatoms. The first-order chi connectivity index (χ1) is 15.8. The normalized spacial score (nSPS) is 18.0. The van der Waals surface area contributed by atoms with Crippen molar-refractivity contribution in [2.75, 3.05) is 25.0 Å². The van der Waals surface area contributed by atoms with E-state index in [1.807, 2.05) is 29.2 Å². The molecule has 174 valence electrons. The van der Waals surface area contributed by atoms with Gasteiger partial charge in [-0.2, -0.15) is 18.3 Å². The Morgan fingerprint density at radius 3 is 2.52 bits per heavy atom. The van der Waals surface area contributed by atoms with Crippen molar-refractivity contribution in [1.29, 1.82) is 0 Å². The van der Waals surface area contributed by atoms with Crippen LogP contribution in [0.4, 0.5) is 19.0 Å². The van der Waals surface area contributed by atoms with E-state index in [-0.39, 0.29) is 18.4 Å². The highest BCUT2D eigenvalue weighted by molar-refractivity contribution is 5.94. The fraction of sp³-hybridized carbons (Fsp3) is 0.478. The van der Waals surface area contributed by atoms with Crippen molar-refractivity contribution >= 4 is 22.5 Å². The molecule has 0 aromatic carbocycles. The minimum Gasteiger partial charge on any atom is -0.310 e. The molecule has 0 spiro atoms. The molecular formula is C23H25F3N6O. The first-order valence-corrected chi connectivity index (χ1v) is 11.2. The van der Waals surface area contributed by atoms with E-state index in [2.05, 4.69) is 20.4 Å². The average molecular weight is 458 g/mol. The highest BCUT2D eigenvalue weighted by atomic mass is 19.4. The molecule has 1 aliphatic carbocycles. The number of amides is 1. The van der Waals surface area contributed by atoms with E-state index in [9.17, 15) is 18.0 Å². The van der Waals surface area contributed by atoms with Gasteiger partial charge in [0.1, 0.15) is 5.82 Å². The van der Waals surface area contributed by atoms with E-state index in [4.69, 9.17) is 0 Å². The average Bonchev–Trinajstić information content (AvgIpc) is 3.53. The Morgan fingerprint density at radius 2 is 1.79 bits per heavy atom. The van der Waals surface area contributed by atoms with E-state index in [1.54, 1.807) is 17.3 Å². The zero-order valence-corrected chi connectivity index (χ0v) is 18.1. The summed E-state index contributed by atoms with van der Waals surface area (Å²) < 4.78 is 39.2. The topological polar surface area (TPSA) is 75.9 Å². The maximum atomic E-state index is 12.7. The van der Waals surface area contributed by atoms with Gasteiger partial charge < -0.3 is 10.2 Å². The molecule has 7 nitrogen and oxygen atoms in total. The Morgan fingerprint density at radius 1 is 1.03 bits per heavy atom. The third-order valence-corrected chi connectivity index (χ3v) is 6.34. The number of carbonyl (C=O) groups is 1. The zero-order chi connectivity index (χ0) is 23.0. The SMILES string of the molecule is O=C(Nc1cc2cc(-c3cnn(C4CC4)c3)ncc2cn1)C1CCN(CCC(F)(F)F)CC1. The molecule has 3 aromatic heterocycles. The second kappa shape index (κ2) is 8.74. The maximum Gasteiger partial charge on any atom is 0.390 e. The summed E-state index contributed by atoms with van der Waals surface area (Å²) in [7, 11) is 0. The van der Waals surface area contributed by atoms with Crippen LogP contribution in [0.3, 0.4) is 0 Å². The minimum atomic E-state index is -4.15. The van der Waals surface area contributed by atoms with Gasteiger partial charge in [0.2, 0.25) is 5.91 Å². The largest absolute Gasteiger partial charge is 0.390 e. The van der Waals surface area contributed by atoms with E-state index < -0.39 is 12.6 Å². The third kappa shape index (κ3) is 5.32. The van der Waals surface area contributed by atoms with Crippen LogP contribution in [-0.2, 0) is 4.79 Å². The van der Waals surface area contributed by atoms with Crippen LogP contribution in [0.2, 0.25) is 0 Å². The standard InChI is InChI=1S/C23H25F3N6O/c24-23(25,26)5-8-31-6-3-15(4-7-31)22(33)30-21-10-16-9-20(27-11-17(16)12-28-21)18-13-29-32(14-18)19-1-2-19/h9-15,19H,1-8H2,(H,28,30,33). The Labute approximate surface area is 189 Å². The molecule has 1 aliphatic heterocycles. The molecule has 33 heavy (non-hydrogen) atoms. The summed E-state index contributed by atoms with van der Waals surface area (Å²) in [4.78, 5) is 23.3. The van der Waals surface area contributed by atoms with Crippen LogP contribution >= 0.6 is 0 Å². The van der Waals surface area contributed by atoms with Crippen molar-refractivity contribution in [3.8, 4) is 11.3 Å². The van der Waals surface area contributed by atoms with Crippen molar-refractivity contribution in [1.82, 2.24) is 24.6 Å². The quantitative estimate of drug-likeness (QED) is 0.592. The lowest BCUT2D eigenvalue weighted by Gasteiger charge is -2.31. The summed E-state index contributed by atoms with van der Waals surface area (Å²) in [5, 5.41) is 9.07. The summed E-state index contributed by atoms with van der Waals surface area (Å²) in [6.07, 6.45) is 5.69. The number of pyridine rings is 2. The van der Waals surface area contributed by atoms with Crippen LogP contribution in [0.15, 0.2) is 36.9 Å². The van der Waals surface area contributed by atoms with Gasteiger partial charge in [0.15, 0.2) is 0 Å². The van der Waals surface area contributed by atoms with Crippen molar-refractivity contribution in [2.45, 2.75) is 44.3 Å². The highest BCUT2D eigenvalue weighted by Crippen LogP contribution is 2.35. The van der Waals surface area contributed by atoms with Crippen molar-refractivity contribution in [3.05, 3.63) is 36.9 Å². The molecule has 4 heterocycles. The van der Waals surface area contributed by atoms with Crippen LogP contribution in [-0.4, -0.2) is 56.4 Å². The maximum absolute atomic E-state index is 12.7. The van der Waals surface area contributed by atoms with Gasteiger partial charge in [0, 0.05) is 42.0 Å². The van der Waals surface area contributed by atoms with E-state index in [0.29, 0.717) is 37.8 Å². The fourth-order valence-electron chi connectivity index (χ4n) is 4.21. The summed E-state index contributed by atoms with van der Waals surface area (Å²) in [6.45, 7) is 0.964. The molecule has 3 aromatic rings. The Kier molecular flexibility index (Phi) is 5.77. The first kappa shape index (κ1) is 21.8. The predicted octanol–water partition coefficient (Wildman–Crippen LogP) is 4.43. The number of nitrogens with one attached hydrogen (secondary N) is 1. The van der Waals surface area contributed by atoms with Crippen molar-refractivity contribution in [3.63, 3.8) is 0 Å². The number of piperidine rings is 1. The molecule has 0 atom stereocenters. The van der Waals surface area contributed by atoms with Crippen LogP contribution in [0.1, 0.15) is 38.1 Å². The fourth-order valence-corrected chi connectivity index (χ4v) is 4.21. The highest BCUT2D eigenvalue weighted by Gasteiger charge is 2.30. The smallest absolute Gasteiger partial charge is 0.310 e. The molecule has 1 amide bonds. The second-order valence-electron chi connectivity index (χ2n) is 8.90. The Bertz CT molecular complexity index is 1150. The molecule has 2 aliphatic rings. The molecule has 0 unspecified atom stereocenters. The number of alkyl halides is 3. The first-order valence-electron chi connectivity index (χ1n) is 11.2. The van der Waals surface area contributed by atoms with Gasteiger partial charge >= 0.3 is 6.18 Å². The van der Waals surface area contributed by atoms with Crippen LogP contribution in [0.25, 0.3) is 22.0 Å². The van der Waals surface area contributed by atoms with Gasteiger partial charge in [0.05, 0.1) is 24.4 Å². The number of fused-ring (bicyclic) bond motifs is 1. The molecule has 0 radical (unpaired) electrons. The number of aromatic nitrogens is 4. The molecule has 2 fully saturated rings. The summed E-state index contributed by atoms with van der Waals surface area (Å²) in [5.74, 6) is 0.0843. The van der Waals surface area contributed by atoms with Crippen molar-refractivity contribution < 1.29 is 18.0 Å². The number of carbonyl (C=O) groups excluding carboxylic acids is 1. The molecule has 1 saturated carbocycles. The van der Waals surface area contributed by atoms with Crippen molar-refractivity contribution in [2.24, 2.45) is 5.92 Å². The lowest BCUT2D eigenvalue weighted by atomic mass is 9.96. The zero-order valence-electron chi connectivity index (χ0n) is 18.1. The van der Waals surface area contributed by atoms with Gasteiger partial charge in [-0.3, -0.25) is 14.5 Å². The molecule has 1 N–H and O–H groups in total. The van der Waals surface area contributed by atoms with E-state index in [1.165, 1.54) is 0 Å². The molecule has 0 bridgehead atoms. The van der Waals surface area contributed by atoms with Gasteiger partial charge in [-0.25, -0.2) is 4.98 Å². The lowest BCUT2D eigenvalue weighted by molar-refractivity contribution is -0.139. The Hall–Kier alpha value is -3.01. The number of halogens is 3. The van der Waals surface area contributed by atoms with Crippen LogP contribution in [0.5, 0.6) is 0 Å². The second-order valence-corrected chi connectivity index (χ2v) is 8.90. The number of hydrogen-bond donors (Lipinski definition) is 1. The molecule has 1 saturated heterocycles. The third-order valence-electron chi connectivity index (χ3n) is 6.34. The number of likely N-dealkylation sites (tertiary alicyclic amines) is 1. The monoisotopic (exact) mass is 458 g/mol. The number of rotatable bonds is 6. The van der Waals surface area contributed by atoms with Gasteiger partial charge in [0.25, 0.3) is 0 Å². The summed E-state index contributed by atoms with van der Waals surface area (Å²) >= 11 is 0. The number of hydrogen-bond acceptors (Lipinski definition) is 5. The minimum absolute atomic E-state index is 0.0139. The summed E-state index contributed by atoms with van der Waals surface area (Å²) in [6, 6.07) is 4.28. The van der Waals surface area contributed by atoms with Crippen LogP contribution in [0, 0.1) is 5.92 Å². The van der Waals surface area contributed by atoms with Crippen LogP contribution < -0.4 is 5.32 Å². The van der Waals surface area contributed by atoms with Gasteiger partial charge in [-0.15, -0.1) is 0 Å². The van der Waals surface area contributed by atoms with E-state index >= 15 is 0 Å². The summed E-state index contributed by atoms with van der Waals surface area (Å²) in [5.41, 5.74) is 1.76. The molecule has 5 rings (SSSR count). The van der Waals surface area contributed by atoms with Gasteiger partial charge in [-0.1, -0.05) is 0 Å². The van der Waals surface area contributed by atoms with Gasteiger partial charge in [-0.05, 0) is 56.3 Å². The molecular weight excluding hydrogens is 433 g/mol. The Balaban J connectivity index is 1.22. The lowest BCUT2D eigenvalue weighted by Crippen LogP contribution is -2.39. The number of nitrogens with zero attached hydrogens (tertiary/aromatic N) is 5. The number of anilines is 1.